The third-order valence-electron chi connectivity index (χ3n) is 2.76. The zero-order chi connectivity index (χ0) is 15.2. The molecule has 0 amide bonds. The van der Waals surface area contributed by atoms with Crippen molar-refractivity contribution in [2.45, 2.75) is 6.92 Å². The molecule has 1 N–H and O–H groups in total. The molecule has 0 aliphatic rings. The molecule has 0 bridgehead atoms. The number of para-hydroxylation sites is 1. The Hall–Kier alpha value is -2.89. The van der Waals surface area contributed by atoms with Gasteiger partial charge in [-0.05, 0) is 19.1 Å². The molecule has 0 unspecified atom stereocenters. The van der Waals surface area contributed by atoms with Gasteiger partial charge < -0.3 is 10.1 Å². The first-order valence-corrected chi connectivity index (χ1v) is 6.38. The second-order valence-electron chi connectivity index (χ2n) is 4.17. The number of allylic oxidation sites excluding steroid dienone is 1. The minimum absolute atomic E-state index is 0.0381. The van der Waals surface area contributed by atoms with E-state index in [1.807, 2.05) is 31.2 Å². The molecule has 108 valence electrons. The highest BCUT2D eigenvalue weighted by Gasteiger charge is 2.19. The van der Waals surface area contributed by atoms with Crippen molar-refractivity contribution < 1.29 is 9.66 Å². The molecule has 1 aromatic carbocycles. The molecule has 0 saturated heterocycles. The van der Waals surface area contributed by atoms with Gasteiger partial charge in [-0.15, -0.1) is 0 Å². The number of nitrogens with one attached hydrogen (secondary N) is 1. The van der Waals surface area contributed by atoms with Crippen molar-refractivity contribution in [2.24, 2.45) is 0 Å². The summed E-state index contributed by atoms with van der Waals surface area (Å²) >= 11 is 0. The monoisotopic (exact) mass is 285 g/mol. The fourth-order valence-electron chi connectivity index (χ4n) is 1.78. The van der Waals surface area contributed by atoms with Crippen molar-refractivity contribution >= 4 is 17.6 Å². The molecule has 1 aromatic heterocycles. The number of ether oxygens (including phenoxy) is 1. The molecular formula is C15H15N3O3. The summed E-state index contributed by atoms with van der Waals surface area (Å²) in [7, 11) is 1.69. The number of anilines is 1. The lowest BCUT2D eigenvalue weighted by atomic mass is 10.2. The van der Waals surface area contributed by atoms with Crippen molar-refractivity contribution in [3.63, 3.8) is 0 Å². The highest BCUT2D eigenvalue weighted by Crippen LogP contribution is 2.32. The molecular weight excluding hydrogens is 270 g/mol. The van der Waals surface area contributed by atoms with Gasteiger partial charge in [0.05, 0.1) is 4.92 Å². The number of nitrogens with zero attached hydrogens (tertiary/aromatic N) is 2. The van der Waals surface area contributed by atoms with Crippen molar-refractivity contribution in [3.05, 3.63) is 58.2 Å². The third kappa shape index (κ3) is 3.36. The zero-order valence-corrected chi connectivity index (χ0v) is 11.7. The molecule has 0 saturated carbocycles. The summed E-state index contributed by atoms with van der Waals surface area (Å²) in [6.45, 7) is 1.89. The molecule has 6 nitrogen and oxygen atoms in total. The number of pyridine rings is 1. The number of aromatic nitrogens is 1. The normalized spacial score (nSPS) is 10.6. The highest BCUT2D eigenvalue weighted by molar-refractivity contribution is 5.59. The first kappa shape index (κ1) is 14.5. The fourth-order valence-corrected chi connectivity index (χ4v) is 1.78. The Balaban J connectivity index is 2.45. The van der Waals surface area contributed by atoms with E-state index in [0.29, 0.717) is 11.6 Å². The van der Waals surface area contributed by atoms with Gasteiger partial charge in [0.15, 0.2) is 0 Å². The van der Waals surface area contributed by atoms with Crippen LogP contribution in [0.3, 0.4) is 0 Å². The van der Waals surface area contributed by atoms with Crippen LogP contribution in [0.15, 0.2) is 42.5 Å². The Bertz CT molecular complexity index is 684. The predicted octanol–water partition coefficient (Wildman–Crippen LogP) is 3.86. The largest absolute Gasteiger partial charge is 0.433 e. The summed E-state index contributed by atoms with van der Waals surface area (Å²) in [5, 5.41) is 13.9. The average molecular weight is 285 g/mol. The molecule has 2 aromatic rings. The molecule has 0 fully saturated rings. The van der Waals surface area contributed by atoms with E-state index in [2.05, 4.69) is 10.3 Å². The zero-order valence-electron chi connectivity index (χ0n) is 11.7. The third-order valence-corrected chi connectivity index (χ3v) is 2.76. The maximum atomic E-state index is 11.1. The summed E-state index contributed by atoms with van der Waals surface area (Å²) in [6.07, 6.45) is 3.73. The lowest BCUT2D eigenvalue weighted by molar-refractivity contribution is -0.386. The van der Waals surface area contributed by atoms with Gasteiger partial charge >= 0.3 is 11.6 Å². The first-order valence-electron chi connectivity index (χ1n) is 6.38. The molecule has 0 aliphatic carbocycles. The minimum atomic E-state index is -0.514. The maximum absolute atomic E-state index is 11.1. The average Bonchev–Trinajstić information content (AvgIpc) is 2.49. The van der Waals surface area contributed by atoms with E-state index in [0.717, 1.165) is 5.56 Å². The smallest absolute Gasteiger partial charge is 0.331 e. The highest BCUT2D eigenvalue weighted by atomic mass is 16.6. The van der Waals surface area contributed by atoms with E-state index in [4.69, 9.17) is 4.74 Å². The van der Waals surface area contributed by atoms with Crippen molar-refractivity contribution in [3.8, 4) is 11.6 Å². The Labute approximate surface area is 122 Å². The Morgan fingerprint density at radius 1 is 1.29 bits per heavy atom. The van der Waals surface area contributed by atoms with Crippen LogP contribution in [0.5, 0.6) is 11.6 Å². The van der Waals surface area contributed by atoms with Crippen LogP contribution in [0.4, 0.5) is 11.5 Å². The summed E-state index contributed by atoms with van der Waals surface area (Å²) in [4.78, 5) is 14.7. The minimum Gasteiger partial charge on any atom is -0.433 e. The Kier molecular flexibility index (Phi) is 4.50. The first-order chi connectivity index (χ1) is 10.2. The summed E-state index contributed by atoms with van der Waals surface area (Å²) in [6, 6.07) is 10.2. The van der Waals surface area contributed by atoms with Crippen LogP contribution < -0.4 is 10.1 Å². The van der Waals surface area contributed by atoms with E-state index in [1.165, 1.54) is 12.1 Å². The maximum Gasteiger partial charge on any atom is 0.331 e. The second kappa shape index (κ2) is 6.51. The molecule has 1 heterocycles. The molecule has 21 heavy (non-hydrogen) atoms. The topological polar surface area (TPSA) is 77.3 Å². The van der Waals surface area contributed by atoms with Gasteiger partial charge in [-0.2, -0.15) is 4.98 Å². The van der Waals surface area contributed by atoms with Gasteiger partial charge in [-0.25, -0.2) is 0 Å². The summed E-state index contributed by atoms with van der Waals surface area (Å²) in [5.74, 6) is 0.974. The van der Waals surface area contributed by atoms with Gasteiger partial charge in [-0.3, -0.25) is 10.1 Å². The lowest BCUT2D eigenvalue weighted by Crippen LogP contribution is -2.00. The van der Waals surface area contributed by atoms with Crippen LogP contribution in [0, 0.1) is 10.1 Å². The van der Waals surface area contributed by atoms with E-state index >= 15 is 0 Å². The second-order valence-corrected chi connectivity index (χ2v) is 4.17. The van der Waals surface area contributed by atoms with Gasteiger partial charge in [0.2, 0.25) is 0 Å². The predicted molar refractivity (Wildman–Crippen MR) is 81.7 cm³/mol. The molecule has 0 radical (unpaired) electrons. The molecule has 0 atom stereocenters. The van der Waals surface area contributed by atoms with Crippen LogP contribution in [-0.2, 0) is 0 Å². The number of benzene rings is 1. The molecule has 0 aliphatic heterocycles. The lowest BCUT2D eigenvalue weighted by Gasteiger charge is -2.09. The van der Waals surface area contributed by atoms with E-state index < -0.39 is 4.92 Å². The van der Waals surface area contributed by atoms with Crippen molar-refractivity contribution in [1.82, 2.24) is 4.98 Å². The van der Waals surface area contributed by atoms with Crippen LogP contribution >= 0.6 is 0 Å². The molecule has 6 heteroatoms. The fraction of sp³-hybridized carbons (Fsp3) is 0.133. The number of rotatable bonds is 5. The SMILES string of the molecule is C/C=C/c1ccccc1Oc1nc(NC)ccc1[N+](=O)[O-]. The Morgan fingerprint density at radius 2 is 2.05 bits per heavy atom. The summed E-state index contributed by atoms with van der Waals surface area (Å²) < 4.78 is 5.65. The van der Waals surface area contributed by atoms with E-state index in [1.54, 1.807) is 19.2 Å². The summed E-state index contributed by atoms with van der Waals surface area (Å²) in [5.41, 5.74) is 0.648. The van der Waals surface area contributed by atoms with Crippen molar-refractivity contribution in [2.75, 3.05) is 12.4 Å². The number of hydrogen-bond donors (Lipinski definition) is 1. The van der Waals surface area contributed by atoms with E-state index in [9.17, 15) is 10.1 Å². The quantitative estimate of drug-likeness (QED) is 0.666. The van der Waals surface area contributed by atoms with Crippen LogP contribution in [-0.4, -0.2) is 17.0 Å². The number of hydrogen-bond acceptors (Lipinski definition) is 5. The van der Waals surface area contributed by atoms with Gasteiger partial charge in [0.25, 0.3) is 0 Å². The van der Waals surface area contributed by atoms with Crippen LogP contribution in [0.25, 0.3) is 6.08 Å². The Morgan fingerprint density at radius 3 is 2.71 bits per heavy atom. The van der Waals surface area contributed by atoms with Gasteiger partial charge in [0, 0.05) is 18.7 Å². The molecule has 2 rings (SSSR count). The molecule has 0 spiro atoms. The van der Waals surface area contributed by atoms with Crippen LogP contribution in [0.1, 0.15) is 12.5 Å². The standard InChI is InChI=1S/C15H15N3O3/c1-3-6-11-7-4-5-8-13(11)21-15-12(18(19)20)9-10-14(16-2)17-15/h3-10H,1-2H3,(H,16,17)/b6-3+. The van der Waals surface area contributed by atoms with Gasteiger partial charge in [0.1, 0.15) is 11.6 Å². The number of nitro groups is 1. The van der Waals surface area contributed by atoms with Crippen LogP contribution in [0.2, 0.25) is 0 Å². The van der Waals surface area contributed by atoms with E-state index in [-0.39, 0.29) is 11.6 Å². The van der Waals surface area contributed by atoms with Crippen molar-refractivity contribution in [1.29, 1.82) is 0 Å². The van der Waals surface area contributed by atoms with Gasteiger partial charge in [-0.1, -0.05) is 30.4 Å².